The Balaban J connectivity index is 1.76. The fourth-order valence-electron chi connectivity index (χ4n) is 2.26. The number of fused-ring (bicyclic) bond motifs is 1. The number of pyridine rings is 1. The molecule has 0 unspecified atom stereocenters. The van der Waals surface area contributed by atoms with Gasteiger partial charge in [0.2, 0.25) is 5.91 Å². The number of hydrogen-bond donors (Lipinski definition) is 2. The van der Waals surface area contributed by atoms with E-state index in [1.807, 2.05) is 6.20 Å². The van der Waals surface area contributed by atoms with Crippen molar-refractivity contribution in [2.75, 3.05) is 0 Å². The van der Waals surface area contributed by atoms with Gasteiger partial charge in [-0.1, -0.05) is 6.07 Å². The minimum Gasteiger partial charge on any atom is -0.481 e. The largest absolute Gasteiger partial charge is 0.481 e. The molecule has 0 aliphatic heterocycles. The third-order valence-electron chi connectivity index (χ3n) is 3.26. The minimum atomic E-state index is -0.865. The molecule has 0 bridgehead atoms. The van der Waals surface area contributed by atoms with Gasteiger partial charge in [0.1, 0.15) is 0 Å². The zero-order valence-corrected chi connectivity index (χ0v) is 10.8. The number of amides is 1. The van der Waals surface area contributed by atoms with Crippen LogP contribution in [0.4, 0.5) is 0 Å². The first kappa shape index (κ1) is 13.5. The van der Waals surface area contributed by atoms with Gasteiger partial charge < -0.3 is 10.4 Å². The molecule has 0 saturated carbocycles. The van der Waals surface area contributed by atoms with Crippen LogP contribution >= 0.6 is 0 Å². The second kappa shape index (κ2) is 6.31. The third kappa shape index (κ3) is 4.05. The Morgan fingerprint density at radius 2 is 2.16 bits per heavy atom. The van der Waals surface area contributed by atoms with E-state index in [1.165, 1.54) is 11.3 Å². The highest BCUT2D eigenvalue weighted by Crippen LogP contribution is 2.20. The summed E-state index contributed by atoms with van der Waals surface area (Å²) in [7, 11) is 0. The zero-order chi connectivity index (χ0) is 13.7. The smallest absolute Gasteiger partial charge is 0.303 e. The first-order chi connectivity index (χ1) is 9.15. The fraction of sp³-hybridized carbons (Fsp3) is 0.500. The van der Waals surface area contributed by atoms with Crippen LogP contribution in [0.3, 0.4) is 0 Å². The molecule has 102 valence electrons. The molecule has 1 aromatic rings. The molecule has 1 amide bonds. The maximum Gasteiger partial charge on any atom is 0.303 e. The average molecular weight is 262 g/mol. The van der Waals surface area contributed by atoms with E-state index in [0.717, 1.165) is 24.8 Å². The highest BCUT2D eigenvalue weighted by atomic mass is 16.4. The van der Waals surface area contributed by atoms with Crippen molar-refractivity contribution >= 4 is 11.9 Å². The van der Waals surface area contributed by atoms with Crippen LogP contribution in [0.1, 0.15) is 42.5 Å². The number of aryl methyl sites for hydroxylation is 2. The summed E-state index contributed by atoms with van der Waals surface area (Å²) in [6, 6.07) is 2.10. The molecule has 0 saturated heterocycles. The molecule has 0 radical (unpaired) electrons. The van der Waals surface area contributed by atoms with Crippen molar-refractivity contribution in [1.82, 2.24) is 10.3 Å². The van der Waals surface area contributed by atoms with E-state index in [1.54, 1.807) is 0 Å². The summed E-state index contributed by atoms with van der Waals surface area (Å²) in [5, 5.41) is 11.3. The molecule has 5 heteroatoms. The van der Waals surface area contributed by atoms with Gasteiger partial charge in [0.25, 0.3) is 0 Å². The number of hydrogen-bond acceptors (Lipinski definition) is 3. The molecule has 0 atom stereocenters. The number of aromatic nitrogens is 1. The second-order valence-corrected chi connectivity index (χ2v) is 4.83. The van der Waals surface area contributed by atoms with Crippen LogP contribution in [0.2, 0.25) is 0 Å². The topological polar surface area (TPSA) is 79.3 Å². The van der Waals surface area contributed by atoms with Gasteiger partial charge in [0, 0.05) is 31.3 Å². The highest BCUT2D eigenvalue weighted by molar-refractivity contribution is 5.76. The van der Waals surface area contributed by atoms with E-state index >= 15 is 0 Å². The summed E-state index contributed by atoms with van der Waals surface area (Å²) in [5.41, 5.74) is 3.47. The number of aliphatic carboxylic acids is 1. The van der Waals surface area contributed by atoms with Gasteiger partial charge in [-0.25, -0.2) is 0 Å². The lowest BCUT2D eigenvalue weighted by molar-refractivity contribution is -0.137. The molecule has 5 nitrogen and oxygen atoms in total. The van der Waals surface area contributed by atoms with Crippen molar-refractivity contribution < 1.29 is 14.7 Å². The number of carbonyl (C=O) groups excluding carboxylic acids is 1. The van der Waals surface area contributed by atoms with E-state index in [0.29, 0.717) is 13.0 Å². The lowest BCUT2D eigenvalue weighted by Gasteiger charge is -2.06. The van der Waals surface area contributed by atoms with E-state index < -0.39 is 5.97 Å². The van der Waals surface area contributed by atoms with Crippen LogP contribution < -0.4 is 5.32 Å². The van der Waals surface area contributed by atoms with Gasteiger partial charge in [-0.05, 0) is 36.8 Å². The third-order valence-corrected chi connectivity index (χ3v) is 3.26. The van der Waals surface area contributed by atoms with Crippen LogP contribution in [-0.2, 0) is 29.0 Å². The van der Waals surface area contributed by atoms with E-state index in [2.05, 4.69) is 16.4 Å². The molecule has 0 aromatic carbocycles. The Morgan fingerprint density at radius 3 is 2.95 bits per heavy atom. The van der Waals surface area contributed by atoms with Crippen molar-refractivity contribution in [2.24, 2.45) is 0 Å². The molecule has 2 rings (SSSR count). The SMILES string of the molecule is O=C(O)CCCC(=O)NCc1cnc2c(c1)CCC2. The molecule has 19 heavy (non-hydrogen) atoms. The summed E-state index contributed by atoms with van der Waals surface area (Å²) in [6.07, 6.45) is 5.76. The molecular formula is C14H18N2O3. The summed E-state index contributed by atoms with van der Waals surface area (Å²) in [6.45, 7) is 0.464. The van der Waals surface area contributed by atoms with Gasteiger partial charge >= 0.3 is 5.97 Å². The Labute approximate surface area is 112 Å². The van der Waals surface area contributed by atoms with Crippen molar-refractivity contribution in [3.63, 3.8) is 0 Å². The average Bonchev–Trinajstić information content (AvgIpc) is 2.83. The van der Waals surface area contributed by atoms with Crippen molar-refractivity contribution in [2.45, 2.75) is 45.1 Å². The molecule has 1 aliphatic rings. The Hall–Kier alpha value is -1.91. The van der Waals surface area contributed by atoms with E-state index in [-0.39, 0.29) is 18.7 Å². The predicted octanol–water partition coefficient (Wildman–Crippen LogP) is 1.44. The van der Waals surface area contributed by atoms with E-state index in [9.17, 15) is 9.59 Å². The molecule has 1 heterocycles. The maximum atomic E-state index is 11.5. The molecule has 1 aliphatic carbocycles. The zero-order valence-electron chi connectivity index (χ0n) is 10.8. The number of nitrogens with zero attached hydrogens (tertiary/aromatic N) is 1. The molecule has 0 spiro atoms. The summed E-state index contributed by atoms with van der Waals surface area (Å²) >= 11 is 0. The first-order valence-electron chi connectivity index (χ1n) is 6.60. The maximum absolute atomic E-state index is 11.5. The summed E-state index contributed by atoms with van der Waals surface area (Å²) < 4.78 is 0. The van der Waals surface area contributed by atoms with Crippen LogP contribution in [0, 0.1) is 0 Å². The van der Waals surface area contributed by atoms with Crippen molar-refractivity contribution in [3.05, 3.63) is 29.1 Å². The van der Waals surface area contributed by atoms with Gasteiger partial charge in [-0.15, -0.1) is 0 Å². The van der Waals surface area contributed by atoms with Crippen LogP contribution in [-0.4, -0.2) is 22.0 Å². The number of carboxylic acid groups (broad SMARTS) is 1. The monoisotopic (exact) mass is 262 g/mol. The Bertz CT molecular complexity index is 486. The van der Waals surface area contributed by atoms with Crippen molar-refractivity contribution in [3.8, 4) is 0 Å². The number of nitrogens with one attached hydrogen (secondary N) is 1. The number of carboxylic acids is 1. The van der Waals surface area contributed by atoms with Crippen LogP contribution in [0.15, 0.2) is 12.3 Å². The quantitative estimate of drug-likeness (QED) is 0.813. The number of carbonyl (C=O) groups is 2. The van der Waals surface area contributed by atoms with Crippen molar-refractivity contribution in [1.29, 1.82) is 0 Å². The molecule has 1 aromatic heterocycles. The van der Waals surface area contributed by atoms with Gasteiger partial charge in [0.15, 0.2) is 0 Å². The van der Waals surface area contributed by atoms with Gasteiger partial charge in [-0.2, -0.15) is 0 Å². The minimum absolute atomic E-state index is 0.0355. The van der Waals surface area contributed by atoms with Crippen LogP contribution in [0.5, 0.6) is 0 Å². The second-order valence-electron chi connectivity index (χ2n) is 4.83. The summed E-state index contributed by atoms with van der Waals surface area (Å²) in [4.78, 5) is 26.2. The number of rotatable bonds is 6. The molecular weight excluding hydrogens is 244 g/mol. The Kier molecular flexibility index (Phi) is 4.49. The summed E-state index contributed by atoms with van der Waals surface area (Å²) in [5.74, 6) is -0.975. The van der Waals surface area contributed by atoms with E-state index in [4.69, 9.17) is 5.11 Å². The fourth-order valence-corrected chi connectivity index (χ4v) is 2.26. The standard InChI is InChI=1S/C14H18N2O3/c17-13(5-2-6-14(18)19)16-9-10-7-11-3-1-4-12(11)15-8-10/h7-8H,1-6,9H2,(H,16,17)(H,18,19). The normalized spacial score (nSPS) is 13.1. The van der Waals surface area contributed by atoms with Gasteiger partial charge in [0.05, 0.1) is 0 Å². The Morgan fingerprint density at radius 1 is 1.32 bits per heavy atom. The predicted molar refractivity (Wildman–Crippen MR) is 69.6 cm³/mol. The molecule has 0 fully saturated rings. The first-order valence-corrected chi connectivity index (χ1v) is 6.60. The lowest BCUT2D eigenvalue weighted by atomic mass is 10.1. The van der Waals surface area contributed by atoms with Crippen LogP contribution in [0.25, 0.3) is 0 Å². The lowest BCUT2D eigenvalue weighted by Crippen LogP contribution is -2.22. The highest BCUT2D eigenvalue weighted by Gasteiger charge is 2.12. The molecule has 2 N–H and O–H groups in total. The van der Waals surface area contributed by atoms with Gasteiger partial charge in [-0.3, -0.25) is 14.6 Å².